The first-order valence-corrected chi connectivity index (χ1v) is 6.84. The highest BCUT2D eigenvalue weighted by Gasteiger charge is 1.98. The van der Waals surface area contributed by atoms with Gasteiger partial charge in [-0.25, -0.2) is 4.79 Å². The van der Waals surface area contributed by atoms with Crippen LogP contribution in [-0.4, -0.2) is 13.1 Å². The van der Waals surface area contributed by atoms with Crippen molar-refractivity contribution < 1.29 is 14.3 Å². The average Bonchev–Trinajstić information content (AvgIpc) is 2.54. The van der Waals surface area contributed by atoms with Crippen molar-refractivity contribution in [2.24, 2.45) is 0 Å². The molecule has 0 aromatic heterocycles. The van der Waals surface area contributed by atoms with Gasteiger partial charge in [-0.2, -0.15) is 0 Å². The Morgan fingerprint density at radius 1 is 1.00 bits per heavy atom. The molecule has 0 aliphatic heterocycles. The van der Waals surface area contributed by atoms with Crippen LogP contribution in [0.25, 0.3) is 6.08 Å². The molecule has 21 heavy (non-hydrogen) atoms. The Bertz CT molecular complexity index is 610. The van der Waals surface area contributed by atoms with Gasteiger partial charge in [-0.05, 0) is 47.9 Å². The van der Waals surface area contributed by atoms with Crippen LogP contribution < -0.4 is 4.74 Å². The number of carbonyl (C=O) groups excluding carboxylic acids is 1. The lowest BCUT2D eigenvalue weighted by molar-refractivity contribution is -0.134. The van der Waals surface area contributed by atoms with Crippen LogP contribution in [0.3, 0.4) is 0 Å². The second kappa shape index (κ2) is 7.29. The van der Waals surface area contributed by atoms with Gasteiger partial charge in [0, 0.05) is 6.08 Å². The van der Waals surface area contributed by atoms with Crippen molar-refractivity contribution >= 4 is 12.0 Å². The van der Waals surface area contributed by atoms with Crippen LogP contribution in [0.15, 0.2) is 54.6 Å². The van der Waals surface area contributed by atoms with Crippen molar-refractivity contribution in [1.29, 1.82) is 0 Å². The van der Waals surface area contributed by atoms with E-state index < -0.39 is 0 Å². The summed E-state index contributed by atoms with van der Waals surface area (Å²) in [5, 5.41) is 0. The third-order valence-electron chi connectivity index (χ3n) is 3.06. The monoisotopic (exact) mass is 282 g/mol. The fourth-order valence-corrected chi connectivity index (χ4v) is 1.81. The Balaban J connectivity index is 2.01. The van der Waals surface area contributed by atoms with Crippen molar-refractivity contribution in [2.45, 2.75) is 13.3 Å². The molecule has 0 amide bonds. The van der Waals surface area contributed by atoms with Gasteiger partial charge in [0.15, 0.2) is 0 Å². The minimum atomic E-state index is -0.369. The van der Waals surface area contributed by atoms with Crippen LogP contribution >= 0.6 is 0 Å². The zero-order valence-corrected chi connectivity index (χ0v) is 12.2. The van der Waals surface area contributed by atoms with Crippen molar-refractivity contribution in [3.8, 4) is 11.5 Å². The molecule has 0 aliphatic carbocycles. The van der Waals surface area contributed by atoms with Crippen molar-refractivity contribution in [3.05, 3.63) is 65.7 Å². The van der Waals surface area contributed by atoms with Gasteiger partial charge >= 0.3 is 5.97 Å². The second-order valence-electron chi connectivity index (χ2n) is 4.53. The SMILES string of the molecule is CCc1ccc(Oc2ccc(/C=C/C(=O)OC)cc2)cc1. The second-order valence-corrected chi connectivity index (χ2v) is 4.53. The topological polar surface area (TPSA) is 35.5 Å². The number of esters is 1. The van der Waals surface area contributed by atoms with Gasteiger partial charge in [-0.1, -0.05) is 31.2 Å². The van der Waals surface area contributed by atoms with Crippen LogP contribution in [0.2, 0.25) is 0 Å². The van der Waals surface area contributed by atoms with Crippen LogP contribution in [0.4, 0.5) is 0 Å². The lowest BCUT2D eigenvalue weighted by Gasteiger charge is -2.06. The van der Waals surface area contributed by atoms with E-state index >= 15 is 0 Å². The summed E-state index contributed by atoms with van der Waals surface area (Å²) in [6.07, 6.45) is 4.10. The van der Waals surface area contributed by atoms with E-state index in [1.807, 2.05) is 36.4 Å². The number of rotatable bonds is 5. The molecule has 0 unspecified atom stereocenters. The maximum atomic E-state index is 11.0. The van der Waals surface area contributed by atoms with E-state index in [9.17, 15) is 4.79 Å². The van der Waals surface area contributed by atoms with Crippen molar-refractivity contribution in [3.63, 3.8) is 0 Å². The molecule has 3 heteroatoms. The molecule has 0 radical (unpaired) electrons. The zero-order chi connectivity index (χ0) is 15.1. The summed E-state index contributed by atoms with van der Waals surface area (Å²) in [6.45, 7) is 2.12. The van der Waals surface area contributed by atoms with Gasteiger partial charge in [0.2, 0.25) is 0 Å². The molecule has 0 aliphatic rings. The highest BCUT2D eigenvalue weighted by atomic mass is 16.5. The van der Waals surface area contributed by atoms with E-state index in [1.165, 1.54) is 18.7 Å². The average molecular weight is 282 g/mol. The molecule has 0 bridgehead atoms. The molecule has 0 N–H and O–H groups in total. The minimum absolute atomic E-state index is 0.369. The van der Waals surface area contributed by atoms with Crippen molar-refractivity contribution in [1.82, 2.24) is 0 Å². The molecule has 0 heterocycles. The number of hydrogen-bond donors (Lipinski definition) is 0. The van der Waals surface area contributed by atoms with Crippen LogP contribution in [0.5, 0.6) is 11.5 Å². The van der Waals surface area contributed by atoms with E-state index in [0.29, 0.717) is 0 Å². The molecule has 2 rings (SSSR count). The van der Waals surface area contributed by atoms with Crippen LogP contribution in [-0.2, 0) is 16.0 Å². The Morgan fingerprint density at radius 3 is 2.10 bits per heavy atom. The Morgan fingerprint density at radius 2 is 1.57 bits per heavy atom. The molecule has 2 aromatic rings. The Kier molecular flexibility index (Phi) is 5.16. The summed E-state index contributed by atoms with van der Waals surface area (Å²) in [4.78, 5) is 11.0. The lowest BCUT2D eigenvalue weighted by Crippen LogP contribution is -1.93. The molecule has 2 aromatic carbocycles. The maximum Gasteiger partial charge on any atom is 0.330 e. The molecule has 0 saturated heterocycles. The fourth-order valence-electron chi connectivity index (χ4n) is 1.81. The molecular formula is C18H18O3. The van der Waals surface area contributed by atoms with E-state index in [-0.39, 0.29) is 5.97 Å². The molecule has 0 saturated carbocycles. The van der Waals surface area contributed by atoms with E-state index in [4.69, 9.17) is 4.74 Å². The van der Waals surface area contributed by atoms with E-state index in [1.54, 1.807) is 6.08 Å². The summed E-state index contributed by atoms with van der Waals surface area (Å²) >= 11 is 0. The first-order valence-electron chi connectivity index (χ1n) is 6.84. The molecule has 0 spiro atoms. The third-order valence-corrected chi connectivity index (χ3v) is 3.06. The number of aryl methyl sites for hydroxylation is 1. The smallest absolute Gasteiger partial charge is 0.330 e. The first kappa shape index (κ1) is 14.9. The summed E-state index contributed by atoms with van der Waals surface area (Å²) < 4.78 is 10.3. The van der Waals surface area contributed by atoms with E-state index in [0.717, 1.165) is 23.5 Å². The minimum Gasteiger partial charge on any atom is -0.466 e. The summed E-state index contributed by atoms with van der Waals surface area (Å²) in [7, 11) is 1.35. The summed E-state index contributed by atoms with van der Waals surface area (Å²) in [5.41, 5.74) is 2.19. The highest BCUT2D eigenvalue weighted by molar-refractivity contribution is 5.86. The van der Waals surface area contributed by atoms with Gasteiger partial charge in [-0.15, -0.1) is 0 Å². The molecule has 108 valence electrons. The Labute approximate surface area is 124 Å². The predicted octanol–water partition coefficient (Wildman–Crippen LogP) is 4.23. The number of carbonyl (C=O) groups is 1. The molecule has 0 atom stereocenters. The lowest BCUT2D eigenvalue weighted by atomic mass is 10.2. The largest absolute Gasteiger partial charge is 0.466 e. The van der Waals surface area contributed by atoms with Gasteiger partial charge in [0.05, 0.1) is 7.11 Å². The zero-order valence-electron chi connectivity index (χ0n) is 12.2. The first-order chi connectivity index (χ1) is 10.2. The maximum absolute atomic E-state index is 11.0. The predicted molar refractivity (Wildman–Crippen MR) is 83.4 cm³/mol. The standard InChI is InChI=1S/C18H18O3/c1-3-14-4-9-16(10-5-14)21-17-11-6-15(7-12-17)8-13-18(19)20-2/h4-13H,3H2,1-2H3/b13-8+. The Hall–Kier alpha value is -2.55. The van der Waals surface area contributed by atoms with Gasteiger partial charge < -0.3 is 9.47 Å². The van der Waals surface area contributed by atoms with E-state index in [2.05, 4.69) is 23.8 Å². The molecule has 3 nitrogen and oxygen atoms in total. The van der Waals surface area contributed by atoms with Crippen molar-refractivity contribution in [2.75, 3.05) is 7.11 Å². The third kappa shape index (κ3) is 4.49. The van der Waals surface area contributed by atoms with Crippen LogP contribution in [0, 0.1) is 0 Å². The molecule has 0 fully saturated rings. The van der Waals surface area contributed by atoms with Gasteiger partial charge in [-0.3, -0.25) is 0 Å². The normalized spacial score (nSPS) is 10.6. The number of methoxy groups -OCH3 is 1. The number of hydrogen-bond acceptors (Lipinski definition) is 3. The number of benzene rings is 2. The summed E-state index contributed by atoms with van der Waals surface area (Å²) in [5.74, 6) is 1.20. The number of ether oxygens (including phenoxy) is 2. The highest BCUT2D eigenvalue weighted by Crippen LogP contribution is 2.22. The van der Waals surface area contributed by atoms with Gasteiger partial charge in [0.25, 0.3) is 0 Å². The van der Waals surface area contributed by atoms with Crippen LogP contribution in [0.1, 0.15) is 18.1 Å². The van der Waals surface area contributed by atoms with Gasteiger partial charge in [0.1, 0.15) is 11.5 Å². The quantitative estimate of drug-likeness (QED) is 0.608. The fraction of sp³-hybridized carbons (Fsp3) is 0.167. The summed E-state index contributed by atoms with van der Waals surface area (Å²) in [6, 6.07) is 15.5. The molecular weight excluding hydrogens is 264 g/mol.